The Morgan fingerprint density at radius 2 is 1.93 bits per heavy atom. The van der Waals surface area contributed by atoms with Gasteiger partial charge in [-0.3, -0.25) is 4.79 Å². The van der Waals surface area contributed by atoms with E-state index in [2.05, 4.69) is 10.7 Å². The van der Waals surface area contributed by atoms with E-state index in [0.717, 1.165) is 37.1 Å². The van der Waals surface area contributed by atoms with Gasteiger partial charge < -0.3 is 5.32 Å². The molecule has 2 aliphatic rings. The van der Waals surface area contributed by atoms with Crippen molar-refractivity contribution < 1.29 is 9.59 Å². The topological polar surface area (TPSA) is 61.4 Å². The number of nitrogens with one attached hydrogen (secondary N) is 2. The second-order valence-electron chi connectivity index (χ2n) is 3.94. The molecule has 1 heterocycles. The van der Waals surface area contributed by atoms with Crippen molar-refractivity contribution in [2.24, 2.45) is 0 Å². The van der Waals surface area contributed by atoms with E-state index < -0.39 is 5.54 Å². The Bertz CT molecular complexity index is 271. The van der Waals surface area contributed by atoms with Gasteiger partial charge >= 0.3 is 6.03 Å². The molecule has 1 spiro atoms. The maximum Gasteiger partial charge on any atom is 0.339 e. The van der Waals surface area contributed by atoms with Crippen molar-refractivity contribution in [3.63, 3.8) is 0 Å². The lowest BCUT2D eigenvalue weighted by molar-refractivity contribution is -0.134. The lowest BCUT2D eigenvalue weighted by atomic mass is 9.82. The molecule has 5 heteroatoms. The van der Waals surface area contributed by atoms with E-state index in [-0.39, 0.29) is 11.9 Å². The maximum atomic E-state index is 11.9. The molecule has 0 aromatic carbocycles. The SMILES string of the molecule is CNN1C(=O)NC2(CCCCC2)C1=O. The van der Waals surface area contributed by atoms with Crippen molar-refractivity contribution in [2.45, 2.75) is 37.6 Å². The highest BCUT2D eigenvalue weighted by atomic mass is 16.2. The van der Waals surface area contributed by atoms with Crippen LogP contribution >= 0.6 is 0 Å². The summed E-state index contributed by atoms with van der Waals surface area (Å²) >= 11 is 0. The summed E-state index contributed by atoms with van der Waals surface area (Å²) in [5.41, 5.74) is 2.01. The predicted octanol–water partition coefficient (Wildman–Crippen LogP) is 0.375. The Labute approximate surface area is 82.8 Å². The predicted molar refractivity (Wildman–Crippen MR) is 50.3 cm³/mol. The van der Waals surface area contributed by atoms with Gasteiger partial charge in [-0.2, -0.15) is 5.01 Å². The van der Waals surface area contributed by atoms with Gasteiger partial charge in [0.25, 0.3) is 5.91 Å². The number of hydrogen-bond donors (Lipinski definition) is 2. The zero-order chi connectivity index (χ0) is 10.2. The van der Waals surface area contributed by atoms with Crippen LogP contribution in [0.5, 0.6) is 0 Å². The summed E-state index contributed by atoms with van der Waals surface area (Å²) in [6.07, 6.45) is 4.74. The van der Waals surface area contributed by atoms with Gasteiger partial charge in [-0.15, -0.1) is 0 Å². The van der Waals surface area contributed by atoms with Crippen LogP contribution in [0.1, 0.15) is 32.1 Å². The number of carbonyl (C=O) groups excluding carboxylic acids is 2. The molecule has 0 radical (unpaired) electrons. The molecule has 0 atom stereocenters. The fraction of sp³-hybridized carbons (Fsp3) is 0.778. The maximum absolute atomic E-state index is 11.9. The molecule has 5 nitrogen and oxygen atoms in total. The van der Waals surface area contributed by atoms with Gasteiger partial charge in [-0.25, -0.2) is 10.2 Å². The minimum Gasteiger partial charge on any atom is -0.322 e. The van der Waals surface area contributed by atoms with Crippen molar-refractivity contribution >= 4 is 11.9 Å². The molecule has 1 aliphatic carbocycles. The molecule has 0 bridgehead atoms. The molecular formula is C9H15N3O2. The third-order valence-corrected chi connectivity index (χ3v) is 3.09. The molecule has 1 saturated carbocycles. The summed E-state index contributed by atoms with van der Waals surface area (Å²) in [4.78, 5) is 23.3. The minimum absolute atomic E-state index is 0.121. The first-order valence-corrected chi connectivity index (χ1v) is 5.04. The van der Waals surface area contributed by atoms with E-state index in [4.69, 9.17) is 0 Å². The van der Waals surface area contributed by atoms with Crippen LogP contribution in [0.15, 0.2) is 0 Å². The molecule has 2 rings (SSSR count). The molecule has 0 aromatic heterocycles. The van der Waals surface area contributed by atoms with E-state index in [9.17, 15) is 9.59 Å². The Morgan fingerprint density at radius 3 is 2.43 bits per heavy atom. The van der Waals surface area contributed by atoms with E-state index in [1.54, 1.807) is 7.05 Å². The van der Waals surface area contributed by atoms with E-state index in [1.165, 1.54) is 0 Å². The third kappa shape index (κ3) is 1.19. The highest BCUT2D eigenvalue weighted by molar-refractivity contribution is 6.06. The lowest BCUT2D eigenvalue weighted by Gasteiger charge is -2.30. The zero-order valence-electron chi connectivity index (χ0n) is 8.30. The van der Waals surface area contributed by atoms with Gasteiger partial charge in [0.2, 0.25) is 0 Å². The monoisotopic (exact) mass is 197 g/mol. The van der Waals surface area contributed by atoms with Crippen molar-refractivity contribution in [3.05, 3.63) is 0 Å². The molecule has 1 saturated heterocycles. The van der Waals surface area contributed by atoms with Crippen LogP contribution in [0, 0.1) is 0 Å². The summed E-state index contributed by atoms with van der Waals surface area (Å²) < 4.78 is 0. The van der Waals surface area contributed by atoms with Gasteiger partial charge in [0.05, 0.1) is 0 Å². The standard InChI is InChI=1S/C9H15N3O2/c1-10-12-7(13)9(11-8(12)14)5-3-2-4-6-9/h10H,2-6H2,1H3,(H,11,14). The molecule has 3 amide bonds. The van der Waals surface area contributed by atoms with Crippen molar-refractivity contribution in [1.82, 2.24) is 15.8 Å². The first-order chi connectivity index (χ1) is 6.69. The van der Waals surface area contributed by atoms with Crippen LogP contribution in [0.4, 0.5) is 4.79 Å². The summed E-state index contributed by atoms with van der Waals surface area (Å²) in [5, 5.41) is 3.87. The molecule has 1 aliphatic heterocycles. The van der Waals surface area contributed by atoms with Crippen LogP contribution in [0.25, 0.3) is 0 Å². The highest BCUT2D eigenvalue weighted by Crippen LogP contribution is 2.32. The second kappa shape index (κ2) is 3.24. The number of rotatable bonds is 1. The average Bonchev–Trinajstić information content (AvgIpc) is 2.40. The molecule has 0 unspecified atom stereocenters. The Kier molecular flexibility index (Phi) is 2.19. The van der Waals surface area contributed by atoms with E-state index in [1.807, 2.05) is 0 Å². The van der Waals surface area contributed by atoms with Crippen LogP contribution in [0.3, 0.4) is 0 Å². The van der Waals surface area contributed by atoms with Crippen LogP contribution in [0.2, 0.25) is 0 Å². The van der Waals surface area contributed by atoms with Crippen molar-refractivity contribution in [1.29, 1.82) is 0 Å². The summed E-state index contributed by atoms with van der Waals surface area (Å²) in [7, 11) is 1.58. The summed E-state index contributed by atoms with van der Waals surface area (Å²) in [6.45, 7) is 0. The Morgan fingerprint density at radius 1 is 1.29 bits per heavy atom. The number of hydrazine groups is 1. The van der Waals surface area contributed by atoms with E-state index >= 15 is 0 Å². The molecule has 0 aromatic rings. The smallest absolute Gasteiger partial charge is 0.322 e. The summed E-state index contributed by atoms with van der Waals surface area (Å²) in [5.74, 6) is -0.121. The summed E-state index contributed by atoms with van der Waals surface area (Å²) in [6, 6.07) is -0.320. The van der Waals surface area contributed by atoms with Gasteiger partial charge in [0.1, 0.15) is 5.54 Å². The molecule has 2 fully saturated rings. The van der Waals surface area contributed by atoms with Crippen molar-refractivity contribution in [2.75, 3.05) is 7.05 Å². The zero-order valence-corrected chi connectivity index (χ0v) is 8.30. The second-order valence-corrected chi connectivity index (χ2v) is 3.94. The molecule has 14 heavy (non-hydrogen) atoms. The lowest BCUT2D eigenvalue weighted by Crippen LogP contribution is -2.49. The number of carbonyl (C=O) groups is 2. The van der Waals surface area contributed by atoms with Gasteiger partial charge in [-0.1, -0.05) is 19.3 Å². The number of urea groups is 1. The number of imide groups is 1. The number of amides is 3. The first kappa shape index (κ1) is 9.45. The Hall–Kier alpha value is -1.10. The normalized spacial score (nSPS) is 25.6. The van der Waals surface area contributed by atoms with Crippen LogP contribution in [-0.4, -0.2) is 29.5 Å². The third-order valence-electron chi connectivity index (χ3n) is 3.09. The average molecular weight is 197 g/mol. The fourth-order valence-corrected chi connectivity index (χ4v) is 2.32. The minimum atomic E-state index is -0.599. The molecular weight excluding hydrogens is 182 g/mol. The number of nitrogens with zero attached hydrogens (tertiary/aromatic N) is 1. The van der Waals surface area contributed by atoms with Crippen LogP contribution in [-0.2, 0) is 4.79 Å². The van der Waals surface area contributed by atoms with Crippen molar-refractivity contribution in [3.8, 4) is 0 Å². The number of hydrogen-bond acceptors (Lipinski definition) is 3. The first-order valence-electron chi connectivity index (χ1n) is 5.04. The van der Waals surface area contributed by atoms with Gasteiger partial charge in [0.15, 0.2) is 0 Å². The fourth-order valence-electron chi connectivity index (χ4n) is 2.32. The molecule has 78 valence electrons. The Balaban J connectivity index is 2.21. The van der Waals surface area contributed by atoms with Gasteiger partial charge in [0, 0.05) is 7.05 Å². The van der Waals surface area contributed by atoms with Gasteiger partial charge in [-0.05, 0) is 12.8 Å². The largest absolute Gasteiger partial charge is 0.339 e. The van der Waals surface area contributed by atoms with E-state index in [0.29, 0.717) is 0 Å². The highest BCUT2D eigenvalue weighted by Gasteiger charge is 2.51. The molecule has 2 N–H and O–H groups in total. The van der Waals surface area contributed by atoms with Crippen LogP contribution < -0.4 is 10.7 Å². The quantitative estimate of drug-likeness (QED) is 0.597.